The fourth-order valence-electron chi connectivity index (χ4n) is 11.7. The Balaban J connectivity index is 0.000000296. The molecule has 0 heterocycles. The number of hydrogen-bond acceptors (Lipinski definition) is 24. The third-order valence-electron chi connectivity index (χ3n) is 19.2. The molecule has 0 fully saturated rings. The number of halogens is 8. The average Bonchev–Trinajstić information content (AvgIpc) is 0.795. The van der Waals surface area contributed by atoms with Crippen molar-refractivity contribution >= 4 is 199 Å². The van der Waals surface area contributed by atoms with Crippen LogP contribution in [0.4, 0.5) is 0 Å². The third kappa shape index (κ3) is 34.7. The van der Waals surface area contributed by atoms with Gasteiger partial charge in [0.05, 0.1) is 0 Å². The minimum atomic E-state index is -1.14. The lowest BCUT2D eigenvalue weighted by Crippen LogP contribution is -2.30. The van der Waals surface area contributed by atoms with Crippen LogP contribution in [-0.4, -0.2) is 109 Å². The molecular weight excluding hydrogens is 2140 g/mol. The van der Waals surface area contributed by atoms with Crippen LogP contribution >= 0.6 is 127 Å². The standard InChI is InChI=1S/C25H28Br2O6.C24H26Br2O6.C23H24Br2O6.C21H20Br2O6/c1-23(2,26)21(30)32-18-10-6-16(7-11-18)25(5,15-14-20(28)29)17-8-12-19(13-9-17)33-22(31)24(3,4)27;1-23(2,25)21(29)31-17-9-5-15(6-10-17)19(13-14-20(27)28)16-7-11-18(12-8-16)32-22(30)24(3,4)26;1-14(24)21(28)30-18-8-4-16(5-9-18)23(3,13-12-20(26)27)17-6-10-19(11-7-17)31-22(29)15(2)25;1-21(11-10-18(24)25,14-2-6-16(7-3-14)28-19(26)12-22)15-4-8-17(9-5-15)29-20(27)13-23/h6-13H,14-15H2,1-5H3,(H,28,29);5-12,19H,13-14H2,1-4H3,(H,27,28);4-11,14-15H,12-13H2,1-3H3,(H,26,27);2-9H,10-13H2,1H3,(H,24,25)/p-4. The van der Waals surface area contributed by atoms with Gasteiger partial charge in [0.1, 0.15) is 83.6 Å². The summed E-state index contributed by atoms with van der Waals surface area (Å²) in [5.74, 6) is -4.96. The first kappa shape index (κ1) is 107. The lowest BCUT2D eigenvalue weighted by atomic mass is 9.73. The topological polar surface area (TPSA) is 371 Å². The molecule has 8 aromatic carbocycles. The minimum Gasteiger partial charge on any atom is -0.550 e. The Bertz CT molecular complexity index is 4720. The van der Waals surface area contributed by atoms with E-state index in [0.29, 0.717) is 65.3 Å². The fourth-order valence-corrected chi connectivity index (χ4v) is 12.5. The van der Waals surface area contributed by atoms with E-state index in [-0.39, 0.29) is 48.7 Å². The van der Waals surface area contributed by atoms with Crippen LogP contribution < -0.4 is 58.3 Å². The van der Waals surface area contributed by atoms with Gasteiger partial charge in [-0.05, 0) is 262 Å². The van der Waals surface area contributed by atoms with Crippen LogP contribution in [0, 0.1) is 0 Å². The maximum Gasteiger partial charge on any atom is 0.327 e. The molecule has 24 nitrogen and oxygen atoms in total. The summed E-state index contributed by atoms with van der Waals surface area (Å²) < 4.78 is 39.1. The summed E-state index contributed by atoms with van der Waals surface area (Å²) in [5, 5.41) is 44.7. The Labute approximate surface area is 793 Å². The quantitative estimate of drug-likeness (QED) is 0.0200. The highest BCUT2D eigenvalue weighted by Crippen LogP contribution is 2.43. The Morgan fingerprint density at radius 1 is 0.280 bits per heavy atom. The summed E-state index contributed by atoms with van der Waals surface area (Å²) in [7, 11) is 0. The number of aliphatic carboxylic acids is 4. The van der Waals surface area contributed by atoms with Gasteiger partial charge in [-0.2, -0.15) is 0 Å². The first-order valence-corrected chi connectivity index (χ1v) is 46.0. The Morgan fingerprint density at radius 3 is 0.624 bits per heavy atom. The number of benzene rings is 8. The second-order valence-electron chi connectivity index (χ2n) is 31.1. The number of carboxylic acids is 4. The number of carbonyl (C=O) groups excluding carboxylic acids is 12. The van der Waals surface area contributed by atoms with Gasteiger partial charge in [0.25, 0.3) is 0 Å². The van der Waals surface area contributed by atoms with Gasteiger partial charge in [0.15, 0.2) is 0 Å². The van der Waals surface area contributed by atoms with Crippen LogP contribution in [0.5, 0.6) is 46.0 Å². The van der Waals surface area contributed by atoms with Crippen molar-refractivity contribution in [3.8, 4) is 46.0 Å². The number of rotatable bonds is 36. The van der Waals surface area contributed by atoms with Gasteiger partial charge < -0.3 is 77.5 Å². The molecule has 125 heavy (non-hydrogen) atoms. The Kier molecular flexibility index (Phi) is 41.4. The molecule has 0 saturated carbocycles. The van der Waals surface area contributed by atoms with Gasteiger partial charge in [-0.1, -0.05) is 245 Å². The molecule has 0 aliphatic heterocycles. The first-order valence-electron chi connectivity index (χ1n) is 38.7. The van der Waals surface area contributed by atoms with Crippen molar-refractivity contribution in [1.82, 2.24) is 0 Å². The van der Waals surface area contributed by atoms with E-state index in [1.807, 2.05) is 20.8 Å². The molecule has 0 bridgehead atoms. The minimum absolute atomic E-state index is 0.0874. The van der Waals surface area contributed by atoms with Gasteiger partial charge in [-0.25, -0.2) is 0 Å². The predicted octanol–water partition coefficient (Wildman–Crippen LogP) is 16.2. The SMILES string of the molecule is CC(Br)C(=O)Oc1ccc(C(C)(CCC(=O)[O-])c2ccc(OC(=O)C(C)Br)cc2)cc1.CC(C)(Br)C(=O)Oc1ccc(C(C)(CCC(=O)[O-])c2ccc(OC(=O)C(C)(C)Br)cc2)cc1.CC(C)(Br)C(=O)Oc1ccc(C(CCC(=O)[O-])c2ccc(OC(=O)C(C)(C)Br)cc2)cc1.CC(CCC(=O)[O-])(c1ccc(OC(=O)CBr)cc1)c1ccc(OC(=O)CBr)cc1. The monoisotopic (exact) mass is 2230 g/mol. The van der Waals surface area contributed by atoms with Crippen molar-refractivity contribution < 1.29 is 116 Å². The predicted molar refractivity (Wildman–Crippen MR) is 491 cm³/mol. The van der Waals surface area contributed by atoms with E-state index >= 15 is 0 Å². The Hall–Kier alpha value is -8.76. The molecule has 2 unspecified atom stereocenters. The molecule has 0 saturated heterocycles. The number of hydrogen-bond donors (Lipinski definition) is 0. The van der Waals surface area contributed by atoms with Crippen molar-refractivity contribution in [3.05, 3.63) is 239 Å². The number of carboxylic acid groups (broad SMARTS) is 4. The largest absolute Gasteiger partial charge is 0.550 e. The summed E-state index contributed by atoms with van der Waals surface area (Å²) >= 11 is 25.5. The molecule has 8 rings (SSSR count). The van der Waals surface area contributed by atoms with Gasteiger partial charge in [-0.15, -0.1) is 0 Å². The summed E-state index contributed by atoms with van der Waals surface area (Å²) in [6, 6.07) is 55.6. The number of esters is 8. The zero-order valence-electron chi connectivity index (χ0n) is 70.6. The van der Waals surface area contributed by atoms with Crippen LogP contribution in [0.3, 0.4) is 0 Å². The van der Waals surface area contributed by atoms with Crippen LogP contribution in [0.1, 0.15) is 192 Å². The van der Waals surface area contributed by atoms with Crippen molar-refractivity contribution in [2.75, 3.05) is 10.7 Å². The molecule has 0 aromatic heterocycles. The van der Waals surface area contributed by atoms with E-state index in [1.54, 1.807) is 263 Å². The Morgan fingerprint density at radius 2 is 0.456 bits per heavy atom. The van der Waals surface area contributed by atoms with Gasteiger partial charge >= 0.3 is 47.8 Å². The summed E-state index contributed by atoms with van der Waals surface area (Å²) in [4.78, 5) is 138. The van der Waals surface area contributed by atoms with Crippen molar-refractivity contribution in [2.45, 2.75) is 190 Å². The lowest BCUT2D eigenvalue weighted by molar-refractivity contribution is -0.307. The van der Waals surface area contributed by atoms with Gasteiger partial charge in [0, 0.05) is 46.0 Å². The molecular formula is C93H94Br8O24-4. The van der Waals surface area contributed by atoms with Crippen LogP contribution in [0.15, 0.2) is 194 Å². The summed E-state index contributed by atoms with van der Waals surface area (Å²) in [6.45, 7) is 22.7. The average molecular weight is 2230 g/mol. The molecule has 0 radical (unpaired) electrons. The second kappa shape index (κ2) is 48.4. The van der Waals surface area contributed by atoms with E-state index < -0.39 is 115 Å². The maximum absolute atomic E-state index is 12.1. The molecule has 2 atom stereocenters. The maximum atomic E-state index is 12.1. The van der Waals surface area contributed by atoms with E-state index in [1.165, 1.54) is 0 Å². The summed E-state index contributed by atoms with van der Waals surface area (Å²) in [5.41, 5.74) is 4.82. The molecule has 8 aromatic rings. The molecule has 32 heteroatoms. The number of ether oxygens (including phenoxy) is 8. The van der Waals surface area contributed by atoms with Gasteiger partial charge in [-0.3, -0.25) is 38.4 Å². The fraction of sp³-hybridized carbons (Fsp3) is 0.355. The summed E-state index contributed by atoms with van der Waals surface area (Å²) in [6.07, 6.45) is 0.692. The molecule has 0 spiro atoms. The zero-order chi connectivity index (χ0) is 93.8. The normalized spacial score (nSPS) is 12.5. The van der Waals surface area contributed by atoms with Crippen LogP contribution in [-0.2, 0) is 73.8 Å². The van der Waals surface area contributed by atoms with E-state index in [0.717, 1.165) is 44.5 Å². The third-order valence-corrected chi connectivity index (χ3v) is 22.1. The molecule has 670 valence electrons. The van der Waals surface area contributed by atoms with Crippen LogP contribution in [0.2, 0.25) is 0 Å². The highest BCUT2D eigenvalue weighted by molar-refractivity contribution is 9.11. The lowest BCUT2D eigenvalue weighted by Gasteiger charge is -2.32. The van der Waals surface area contributed by atoms with E-state index in [4.69, 9.17) is 37.9 Å². The van der Waals surface area contributed by atoms with Crippen molar-refractivity contribution in [3.63, 3.8) is 0 Å². The highest BCUT2D eigenvalue weighted by atomic mass is 79.9. The van der Waals surface area contributed by atoms with E-state index in [2.05, 4.69) is 127 Å². The molecule has 0 amide bonds. The number of carbonyl (C=O) groups is 12. The first-order chi connectivity index (χ1) is 58.2. The highest BCUT2D eigenvalue weighted by Gasteiger charge is 2.35. The smallest absolute Gasteiger partial charge is 0.327 e. The van der Waals surface area contributed by atoms with E-state index in [9.17, 15) is 78.0 Å². The molecule has 0 N–H and O–H groups in total. The zero-order valence-corrected chi connectivity index (χ0v) is 83.3. The van der Waals surface area contributed by atoms with Gasteiger partial charge in [0.2, 0.25) is 0 Å². The molecule has 0 aliphatic rings. The van der Waals surface area contributed by atoms with Crippen molar-refractivity contribution in [1.29, 1.82) is 0 Å². The molecule has 0 aliphatic carbocycles. The second-order valence-corrected chi connectivity index (χ2v) is 42.9. The van der Waals surface area contributed by atoms with Crippen molar-refractivity contribution in [2.24, 2.45) is 0 Å². The number of alkyl halides is 8. The van der Waals surface area contributed by atoms with Crippen LogP contribution in [0.25, 0.3) is 0 Å².